The molecule has 0 saturated carbocycles. The Morgan fingerprint density at radius 1 is 1.32 bits per heavy atom. The smallest absolute Gasteiger partial charge is 0.0958 e. The lowest BCUT2D eigenvalue weighted by Gasteiger charge is -2.17. The van der Waals surface area contributed by atoms with Crippen molar-refractivity contribution in [2.75, 3.05) is 7.05 Å². The van der Waals surface area contributed by atoms with Crippen LogP contribution in [-0.2, 0) is 6.54 Å². The minimum atomic E-state index is 0.331. The summed E-state index contributed by atoms with van der Waals surface area (Å²) in [6.45, 7) is 3.07. The fourth-order valence-electron chi connectivity index (χ4n) is 2.40. The summed E-state index contributed by atoms with van der Waals surface area (Å²) in [5.74, 6) is 0. The van der Waals surface area contributed by atoms with Gasteiger partial charge in [0, 0.05) is 11.4 Å². The summed E-state index contributed by atoms with van der Waals surface area (Å²) >= 11 is 1.81. The molecule has 0 aliphatic carbocycles. The number of imidazole rings is 1. The largest absolute Gasteiger partial charge is 0.329 e. The molecule has 0 aliphatic rings. The summed E-state index contributed by atoms with van der Waals surface area (Å²) in [6.07, 6.45) is 1.93. The number of aryl methyl sites for hydroxylation is 1. The van der Waals surface area contributed by atoms with E-state index >= 15 is 0 Å². The second kappa shape index (κ2) is 5.15. The Labute approximate surface area is 116 Å². The molecular formula is C15H17N3S. The molecule has 1 unspecified atom stereocenters. The highest BCUT2D eigenvalue weighted by atomic mass is 32.1. The summed E-state index contributed by atoms with van der Waals surface area (Å²) in [5, 5.41) is 5.56. The number of hydrogen-bond acceptors (Lipinski definition) is 3. The molecule has 0 spiro atoms. The van der Waals surface area contributed by atoms with E-state index in [9.17, 15) is 0 Å². The predicted molar refractivity (Wildman–Crippen MR) is 80.6 cm³/mol. The molecule has 3 aromatic rings. The summed E-state index contributed by atoms with van der Waals surface area (Å²) in [4.78, 5) is 5.85. The van der Waals surface area contributed by atoms with Crippen molar-refractivity contribution in [3.8, 4) is 0 Å². The molecule has 4 heteroatoms. The predicted octanol–water partition coefficient (Wildman–Crippen LogP) is 3.37. The maximum absolute atomic E-state index is 4.45. The van der Waals surface area contributed by atoms with Crippen molar-refractivity contribution in [1.82, 2.24) is 14.9 Å². The molecular weight excluding hydrogens is 254 g/mol. The minimum Gasteiger partial charge on any atom is -0.329 e. The van der Waals surface area contributed by atoms with Gasteiger partial charge in [0.25, 0.3) is 0 Å². The standard InChI is InChI=1S/C15H17N3S/c1-11-7-8-19-15(11)13(16-2)9-18-10-17-12-5-3-4-6-14(12)18/h3-8,10,13,16H,9H2,1-2H3. The molecule has 19 heavy (non-hydrogen) atoms. The van der Waals surface area contributed by atoms with Gasteiger partial charge in [0.15, 0.2) is 0 Å². The summed E-state index contributed by atoms with van der Waals surface area (Å²) in [6, 6.07) is 10.8. The Hall–Kier alpha value is -1.65. The molecule has 0 saturated heterocycles. The lowest BCUT2D eigenvalue weighted by atomic mass is 10.1. The molecule has 3 rings (SSSR count). The van der Waals surface area contributed by atoms with Gasteiger partial charge in [-0.05, 0) is 43.1 Å². The number of nitrogens with zero attached hydrogens (tertiary/aromatic N) is 2. The first kappa shape index (κ1) is 12.4. The zero-order valence-corrected chi connectivity index (χ0v) is 11.9. The van der Waals surface area contributed by atoms with Crippen LogP contribution in [0.25, 0.3) is 11.0 Å². The van der Waals surface area contributed by atoms with Crippen LogP contribution < -0.4 is 5.32 Å². The van der Waals surface area contributed by atoms with Gasteiger partial charge in [-0.2, -0.15) is 0 Å². The van der Waals surface area contributed by atoms with E-state index in [1.54, 1.807) is 0 Å². The Balaban J connectivity index is 1.93. The molecule has 1 N–H and O–H groups in total. The van der Waals surface area contributed by atoms with Crippen molar-refractivity contribution < 1.29 is 0 Å². The van der Waals surface area contributed by atoms with Crippen LogP contribution in [0.2, 0.25) is 0 Å². The zero-order valence-electron chi connectivity index (χ0n) is 11.1. The number of benzene rings is 1. The van der Waals surface area contributed by atoms with E-state index < -0.39 is 0 Å². The van der Waals surface area contributed by atoms with Crippen LogP contribution in [0.4, 0.5) is 0 Å². The topological polar surface area (TPSA) is 29.9 Å². The van der Waals surface area contributed by atoms with E-state index in [1.807, 2.05) is 30.8 Å². The number of rotatable bonds is 4. The fourth-order valence-corrected chi connectivity index (χ4v) is 3.43. The van der Waals surface area contributed by atoms with Crippen molar-refractivity contribution in [3.05, 3.63) is 52.5 Å². The molecule has 2 aromatic heterocycles. The van der Waals surface area contributed by atoms with Crippen LogP contribution >= 0.6 is 11.3 Å². The highest BCUT2D eigenvalue weighted by Gasteiger charge is 2.15. The van der Waals surface area contributed by atoms with Crippen LogP contribution in [0.3, 0.4) is 0 Å². The minimum absolute atomic E-state index is 0.331. The molecule has 0 bridgehead atoms. The van der Waals surface area contributed by atoms with Crippen molar-refractivity contribution in [2.24, 2.45) is 0 Å². The number of hydrogen-bond donors (Lipinski definition) is 1. The maximum atomic E-state index is 4.45. The van der Waals surface area contributed by atoms with E-state index in [2.05, 4.69) is 51.4 Å². The highest BCUT2D eigenvalue weighted by Crippen LogP contribution is 2.26. The Morgan fingerprint density at radius 2 is 2.16 bits per heavy atom. The molecule has 98 valence electrons. The number of para-hydroxylation sites is 2. The summed E-state index contributed by atoms with van der Waals surface area (Å²) in [5.41, 5.74) is 3.60. The third kappa shape index (κ3) is 2.29. The van der Waals surface area contributed by atoms with Gasteiger partial charge in [0.05, 0.1) is 23.4 Å². The Kier molecular flexibility index (Phi) is 3.36. The summed E-state index contributed by atoms with van der Waals surface area (Å²) in [7, 11) is 2.02. The van der Waals surface area contributed by atoms with E-state index in [-0.39, 0.29) is 0 Å². The number of thiophene rings is 1. The monoisotopic (exact) mass is 271 g/mol. The molecule has 0 fully saturated rings. The van der Waals surface area contributed by atoms with Crippen LogP contribution in [0.15, 0.2) is 42.0 Å². The molecule has 2 heterocycles. The lowest BCUT2D eigenvalue weighted by Crippen LogP contribution is -2.21. The van der Waals surface area contributed by atoms with Crippen molar-refractivity contribution in [2.45, 2.75) is 19.5 Å². The SMILES string of the molecule is CNC(Cn1cnc2ccccc21)c1sccc1C. The number of likely N-dealkylation sites (N-methyl/N-ethyl adjacent to an activating group) is 1. The van der Waals surface area contributed by atoms with Gasteiger partial charge >= 0.3 is 0 Å². The Morgan fingerprint density at radius 3 is 2.89 bits per heavy atom. The van der Waals surface area contributed by atoms with E-state index in [0.29, 0.717) is 6.04 Å². The van der Waals surface area contributed by atoms with Crippen molar-refractivity contribution in [1.29, 1.82) is 0 Å². The van der Waals surface area contributed by atoms with Gasteiger partial charge in [0.2, 0.25) is 0 Å². The third-order valence-electron chi connectivity index (χ3n) is 3.47. The van der Waals surface area contributed by atoms with Gasteiger partial charge in [-0.1, -0.05) is 12.1 Å². The molecule has 1 atom stereocenters. The van der Waals surface area contributed by atoms with Gasteiger partial charge in [-0.3, -0.25) is 0 Å². The fraction of sp³-hybridized carbons (Fsp3) is 0.267. The van der Waals surface area contributed by atoms with Crippen molar-refractivity contribution >= 4 is 22.4 Å². The summed E-state index contributed by atoms with van der Waals surface area (Å²) < 4.78 is 2.22. The number of nitrogens with one attached hydrogen (secondary N) is 1. The van der Waals surface area contributed by atoms with Gasteiger partial charge in [-0.25, -0.2) is 4.98 Å². The zero-order chi connectivity index (χ0) is 13.2. The molecule has 1 aromatic carbocycles. The third-order valence-corrected chi connectivity index (χ3v) is 4.61. The molecule has 0 amide bonds. The van der Waals surface area contributed by atoms with E-state index in [0.717, 1.165) is 12.1 Å². The van der Waals surface area contributed by atoms with Gasteiger partial charge < -0.3 is 9.88 Å². The first-order valence-corrected chi connectivity index (χ1v) is 7.28. The average molecular weight is 271 g/mol. The molecule has 3 nitrogen and oxygen atoms in total. The van der Waals surface area contributed by atoms with Gasteiger partial charge in [-0.15, -0.1) is 11.3 Å². The van der Waals surface area contributed by atoms with Crippen LogP contribution in [0.1, 0.15) is 16.5 Å². The normalized spacial score (nSPS) is 12.9. The molecule has 0 aliphatic heterocycles. The molecule has 0 radical (unpaired) electrons. The van der Waals surface area contributed by atoms with E-state index in [4.69, 9.17) is 0 Å². The first-order chi connectivity index (χ1) is 9.29. The van der Waals surface area contributed by atoms with Crippen LogP contribution in [0, 0.1) is 6.92 Å². The quantitative estimate of drug-likeness (QED) is 0.788. The first-order valence-electron chi connectivity index (χ1n) is 6.40. The second-order valence-corrected chi connectivity index (χ2v) is 5.64. The van der Waals surface area contributed by atoms with Crippen LogP contribution in [-0.4, -0.2) is 16.6 Å². The van der Waals surface area contributed by atoms with Crippen LogP contribution in [0.5, 0.6) is 0 Å². The maximum Gasteiger partial charge on any atom is 0.0958 e. The van der Waals surface area contributed by atoms with Gasteiger partial charge in [0.1, 0.15) is 0 Å². The Bertz CT molecular complexity index is 683. The second-order valence-electron chi connectivity index (χ2n) is 4.69. The number of fused-ring (bicyclic) bond motifs is 1. The van der Waals surface area contributed by atoms with E-state index in [1.165, 1.54) is 16.0 Å². The van der Waals surface area contributed by atoms with Crippen molar-refractivity contribution in [3.63, 3.8) is 0 Å². The number of aromatic nitrogens is 2. The highest BCUT2D eigenvalue weighted by molar-refractivity contribution is 7.10. The lowest BCUT2D eigenvalue weighted by molar-refractivity contribution is 0.513. The average Bonchev–Trinajstić information content (AvgIpc) is 3.03.